The molecule has 4 heteroatoms. The lowest BCUT2D eigenvalue weighted by Crippen LogP contribution is -2.69. The number of rotatable bonds is 1. The van der Waals surface area contributed by atoms with Crippen molar-refractivity contribution in [2.24, 2.45) is 28.1 Å². The lowest BCUT2D eigenvalue weighted by Gasteiger charge is -2.62. The number of fused-ring (bicyclic) bond motifs is 1. The predicted molar refractivity (Wildman–Crippen MR) is 89.0 cm³/mol. The van der Waals surface area contributed by atoms with Crippen molar-refractivity contribution in [2.45, 2.75) is 71.0 Å². The summed E-state index contributed by atoms with van der Waals surface area (Å²) >= 11 is 0. The van der Waals surface area contributed by atoms with Crippen molar-refractivity contribution in [1.29, 1.82) is 0 Å². The molecule has 132 valence electrons. The maximum atomic E-state index is 13.1. The van der Waals surface area contributed by atoms with E-state index in [0.717, 1.165) is 25.7 Å². The Morgan fingerprint density at radius 2 is 1.88 bits per heavy atom. The predicted octanol–water partition coefficient (Wildman–Crippen LogP) is 3.03. The molecule has 2 bridgehead atoms. The molecule has 3 saturated carbocycles. The molecule has 0 spiro atoms. The van der Waals surface area contributed by atoms with E-state index < -0.39 is 23.0 Å². The number of carbonyl (C=O) groups is 2. The highest BCUT2D eigenvalue weighted by Crippen LogP contribution is 2.70. The lowest BCUT2D eigenvalue weighted by molar-refractivity contribution is -0.221. The van der Waals surface area contributed by atoms with Crippen LogP contribution in [0.1, 0.15) is 59.3 Å². The standard InChI is InChI=1S/C20H28O4/c1-5-17(2)9-10-19(4)12(11-17)13(21)14(22)15-18(3)7-6-8-20(15,19)24-16(18)23/h5,12,14-15,22H,1,6-11H2,2-4H3/t12-,14+,15-,17+,18+,19+,20+/m0/s1. The van der Waals surface area contributed by atoms with Gasteiger partial charge >= 0.3 is 5.97 Å². The van der Waals surface area contributed by atoms with Crippen molar-refractivity contribution in [3.05, 3.63) is 12.7 Å². The van der Waals surface area contributed by atoms with Gasteiger partial charge in [-0.25, -0.2) is 0 Å². The number of ketones is 1. The third-order valence-electron chi connectivity index (χ3n) is 8.24. The maximum absolute atomic E-state index is 13.1. The molecule has 1 N–H and O–H groups in total. The summed E-state index contributed by atoms with van der Waals surface area (Å²) in [6.45, 7) is 10.1. The van der Waals surface area contributed by atoms with Crippen molar-refractivity contribution in [2.75, 3.05) is 0 Å². The molecule has 7 atom stereocenters. The summed E-state index contributed by atoms with van der Waals surface area (Å²) in [6.07, 6.45) is 5.70. The van der Waals surface area contributed by atoms with Crippen molar-refractivity contribution >= 4 is 11.8 Å². The Morgan fingerprint density at radius 1 is 1.17 bits per heavy atom. The fourth-order valence-corrected chi connectivity index (χ4v) is 6.52. The van der Waals surface area contributed by atoms with Gasteiger partial charge in [0.1, 0.15) is 11.7 Å². The van der Waals surface area contributed by atoms with E-state index >= 15 is 0 Å². The van der Waals surface area contributed by atoms with Crippen LogP contribution in [-0.4, -0.2) is 28.6 Å². The largest absolute Gasteiger partial charge is 0.458 e. The number of esters is 1. The van der Waals surface area contributed by atoms with E-state index in [-0.39, 0.29) is 28.5 Å². The lowest BCUT2D eigenvalue weighted by atomic mass is 9.41. The van der Waals surface area contributed by atoms with Gasteiger partial charge in [-0.2, -0.15) is 0 Å². The van der Waals surface area contributed by atoms with Crippen LogP contribution in [0.25, 0.3) is 0 Å². The van der Waals surface area contributed by atoms with E-state index in [4.69, 9.17) is 4.74 Å². The first-order valence-electron chi connectivity index (χ1n) is 9.22. The average molecular weight is 332 g/mol. The number of aliphatic hydroxyl groups excluding tert-OH is 1. The van der Waals surface area contributed by atoms with E-state index in [1.54, 1.807) is 0 Å². The van der Waals surface area contributed by atoms with Crippen molar-refractivity contribution in [3.8, 4) is 0 Å². The van der Waals surface area contributed by atoms with Gasteiger partial charge in [0.25, 0.3) is 0 Å². The van der Waals surface area contributed by atoms with Gasteiger partial charge in [-0.3, -0.25) is 9.59 Å². The summed E-state index contributed by atoms with van der Waals surface area (Å²) in [7, 11) is 0. The van der Waals surface area contributed by atoms with Gasteiger partial charge in [0.2, 0.25) is 0 Å². The Balaban J connectivity index is 1.87. The molecule has 4 aliphatic rings. The molecule has 0 radical (unpaired) electrons. The highest BCUT2D eigenvalue weighted by Gasteiger charge is 2.78. The number of carbonyl (C=O) groups excluding carboxylic acids is 2. The molecule has 4 nitrogen and oxygen atoms in total. The second kappa shape index (κ2) is 4.51. The molecule has 0 aromatic rings. The number of allylic oxidation sites excluding steroid dienone is 1. The first-order chi connectivity index (χ1) is 11.1. The molecule has 0 unspecified atom stereocenters. The monoisotopic (exact) mass is 332 g/mol. The van der Waals surface area contributed by atoms with Crippen LogP contribution in [0, 0.1) is 28.1 Å². The molecule has 24 heavy (non-hydrogen) atoms. The fraction of sp³-hybridized carbons (Fsp3) is 0.800. The maximum Gasteiger partial charge on any atom is 0.312 e. The highest BCUT2D eigenvalue weighted by atomic mass is 16.6. The molecule has 3 aliphatic carbocycles. The number of aliphatic hydroxyl groups is 1. The van der Waals surface area contributed by atoms with Crippen LogP contribution >= 0.6 is 0 Å². The number of ether oxygens (including phenoxy) is 1. The number of Topliss-reactive ketones (excluding diaryl/α,β-unsaturated/α-hetero) is 1. The summed E-state index contributed by atoms with van der Waals surface area (Å²) in [5, 5.41) is 10.9. The molecule has 4 rings (SSSR count). The minimum Gasteiger partial charge on any atom is -0.458 e. The molecule has 0 aromatic carbocycles. The average Bonchev–Trinajstić information content (AvgIpc) is 2.68. The first kappa shape index (κ1) is 16.3. The zero-order chi connectivity index (χ0) is 17.5. The van der Waals surface area contributed by atoms with Crippen LogP contribution in [0.15, 0.2) is 12.7 Å². The van der Waals surface area contributed by atoms with Gasteiger partial charge in [0.05, 0.1) is 5.41 Å². The second-order valence-corrected chi connectivity index (χ2v) is 9.41. The number of hydrogen-bond donors (Lipinski definition) is 1. The van der Waals surface area contributed by atoms with Crippen LogP contribution in [0.5, 0.6) is 0 Å². The molecule has 1 heterocycles. The Kier molecular flexibility index (Phi) is 3.07. The minimum absolute atomic E-state index is 0.0858. The number of hydrogen-bond acceptors (Lipinski definition) is 4. The van der Waals surface area contributed by atoms with Gasteiger partial charge in [-0.15, -0.1) is 6.58 Å². The van der Waals surface area contributed by atoms with Gasteiger partial charge in [0.15, 0.2) is 5.78 Å². The van der Waals surface area contributed by atoms with Gasteiger partial charge < -0.3 is 9.84 Å². The molecule has 4 fully saturated rings. The second-order valence-electron chi connectivity index (χ2n) is 9.41. The molecular formula is C20H28O4. The quantitative estimate of drug-likeness (QED) is 0.592. The van der Waals surface area contributed by atoms with Gasteiger partial charge in [-0.1, -0.05) is 19.9 Å². The van der Waals surface area contributed by atoms with Crippen molar-refractivity contribution in [3.63, 3.8) is 0 Å². The molecule has 1 saturated heterocycles. The topological polar surface area (TPSA) is 63.6 Å². The molecule has 1 aliphatic heterocycles. The summed E-state index contributed by atoms with van der Waals surface area (Å²) in [5.41, 5.74) is -1.88. The summed E-state index contributed by atoms with van der Waals surface area (Å²) in [5.74, 6) is -0.963. The Hall–Kier alpha value is -1.16. The smallest absolute Gasteiger partial charge is 0.312 e. The van der Waals surface area contributed by atoms with Crippen LogP contribution in [0.2, 0.25) is 0 Å². The summed E-state index contributed by atoms with van der Waals surface area (Å²) in [4.78, 5) is 25.9. The Bertz CT molecular complexity index is 642. The fourth-order valence-electron chi connectivity index (χ4n) is 6.52. The molecular weight excluding hydrogens is 304 g/mol. The highest BCUT2D eigenvalue weighted by molar-refractivity contribution is 5.92. The molecule has 0 amide bonds. The van der Waals surface area contributed by atoms with E-state index in [1.165, 1.54) is 0 Å². The zero-order valence-corrected chi connectivity index (χ0v) is 14.9. The summed E-state index contributed by atoms with van der Waals surface area (Å²) in [6, 6.07) is 0. The third kappa shape index (κ3) is 1.59. The van der Waals surface area contributed by atoms with Gasteiger partial charge in [0, 0.05) is 17.3 Å². The zero-order valence-electron chi connectivity index (χ0n) is 14.9. The van der Waals surface area contributed by atoms with Crippen LogP contribution in [0.4, 0.5) is 0 Å². The van der Waals surface area contributed by atoms with Crippen LogP contribution in [-0.2, 0) is 14.3 Å². The Morgan fingerprint density at radius 3 is 2.54 bits per heavy atom. The van der Waals surface area contributed by atoms with E-state index in [1.807, 2.05) is 13.0 Å². The minimum atomic E-state index is -1.09. The SMILES string of the molecule is C=C[C@]1(C)CC[C@]2(C)[C@@H](C1)C(=O)[C@@H](O)[C@H]1[C@@]3(C)CCC[C@@]12OC3=O. The summed E-state index contributed by atoms with van der Waals surface area (Å²) < 4.78 is 6.10. The van der Waals surface area contributed by atoms with E-state index in [0.29, 0.717) is 12.8 Å². The third-order valence-corrected chi connectivity index (χ3v) is 8.24. The van der Waals surface area contributed by atoms with E-state index in [9.17, 15) is 14.7 Å². The van der Waals surface area contributed by atoms with Gasteiger partial charge in [-0.05, 0) is 50.9 Å². The van der Waals surface area contributed by atoms with Crippen LogP contribution < -0.4 is 0 Å². The van der Waals surface area contributed by atoms with E-state index in [2.05, 4.69) is 20.4 Å². The Labute approximate surface area is 143 Å². The molecule has 0 aromatic heterocycles. The normalized spacial score (nSPS) is 56.2. The van der Waals surface area contributed by atoms with Crippen molar-refractivity contribution < 1.29 is 19.4 Å². The van der Waals surface area contributed by atoms with Crippen LogP contribution in [0.3, 0.4) is 0 Å². The first-order valence-corrected chi connectivity index (χ1v) is 9.22. The van der Waals surface area contributed by atoms with Crippen molar-refractivity contribution in [1.82, 2.24) is 0 Å².